The van der Waals surface area contributed by atoms with Gasteiger partial charge in [0.2, 0.25) is 0 Å². The van der Waals surface area contributed by atoms with Gasteiger partial charge in [-0.1, -0.05) is 0 Å². The van der Waals surface area contributed by atoms with E-state index >= 15 is 0 Å². The molecule has 0 bridgehead atoms. The summed E-state index contributed by atoms with van der Waals surface area (Å²) < 4.78 is 51.2. The molecule has 10 heteroatoms. The summed E-state index contributed by atoms with van der Waals surface area (Å²) in [6.07, 6.45) is 0. The van der Waals surface area contributed by atoms with E-state index in [1.54, 1.807) is 0 Å². The van der Waals surface area contributed by atoms with Crippen LogP contribution in [0.25, 0.3) is 0 Å². The van der Waals surface area contributed by atoms with Crippen LogP contribution >= 0.6 is 0 Å². The molecular weight excluding hydrogens is 384 g/mol. The molecule has 0 unspecified atom stereocenters. The van der Waals surface area contributed by atoms with E-state index in [1.807, 2.05) is 0 Å². The normalized spacial score (nSPS) is 3.60. The van der Waals surface area contributed by atoms with Crippen molar-refractivity contribution in [3.05, 3.63) is 0 Å². The molecular formula is H3GaGe3O6. The maximum atomic E-state index is 8.53. The molecule has 0 amide bonds. The molecule has 6 nitrogen and oxygen atoms in total. The summed E-state index contributed by atoms with van der Waals surface area (Å²) in [6, 6.07) is 0. The third-order valence-corrected chi connectivity index (χ3v) is 0. The zero-order chi connectivity index (χ0) is 8.12. The fraction of sp³-hybridized carbons (Fsp3) is 0. The van der Waals surface area contributed by atoms with E-state index in [2.05, 4.69) is 0 Å². The third-order valence-electron chi connectivity index (χ3n) is 0. The van der Waals surface area contributed by atoms with Crippen LogP contribution in [0.5, 0.6) is 0 Å². The van der Waals surface area contributed by atoms with Gasteiger partial charge in [-0.15, -0.1) is 0 Å². The minimum atomic E-state index is -2.19. The van der Waals surface area contributed by atoms with Crippen molar-refractivity contribution < 1.29 is 23.7 Å². The first-order chi connectivity index (χ1) is 4.24. The van der Waals surface area contributed by atoms with Gasteiger partial charge in [-0.05, 0) is 0 Å². The Morgan fingerprint density at radius 2 is 0.700 bits per heavy atom. The first-order valence-corrected chi connectivity index (χ1v) is 7.35. The first-order valence-electron chi connectivity index (χ1n) is 1.41. The second-order valence-electron chi connectivity index (χ2n) is 0.289. The van der Waals surface area contributed by atoms with Crippen LogP contribution in [0.2, 0.25) is 0 Å². The van der Waals surface area contributed by atoms with Gasteiger partial charge in [0, 0.05) is 0 Å². The number of hydrogen-bond acceptors (Lipinski definition) is 6. The fourth-order valence-electron chi connectivity index (χ4n) is 0. The van der Waals surface area contributed by atoms with E-state index in [9.17, 15) is 0 Å². The molecule has 0 aliphatic carbocycles. The van der Waals surface area contributed by atoms with Crippen molar-refractivity contribution in [2.75, 3.05) is 0 Å². The molecule has 0 fully saturated rings. The van der Waals surface area contributed by atoms with Crippen LogP contribution < -0.4 is 12.4 Å². The topological polar surface area (TPSA) is 120 Å². The molecule has 0 aliphatic rings. The van der Waals surface area contributed by atoms with Crippen LogP contribution in [0.1, 0.15) is 0 Å². The standard InChI is InChI=1S/Ga.3GeHO2/c;3*2-1-3/h;3*1H/q+3;3*-1. The SMILES string of the molecule is [Ga+3].[O]=[GeH][O-].[O]=[GeH][O-].[O]=[GeH][O-]. The predicted molar refractivity (Wildman–Crippen MR) is 29.3 cm³/mol. The van der Waals surface area contributed by atoms with Gasteiger partial charge in [0.05, 0.1) is 0 Å². The molecule has 0 saturated heterocycles. The van der Waals surface area contributed by atoms with Crippen molar-refractivity contribution in [1.82, 2.24) is 0 Å². The summed E-state index contributed by atoms with van der Waals surface area (Å²) in [4.78, 5) is 0. The Kier molecular flexibility index (Phi) is 112. The summed E-state index contributed by atoms with van der Waals surface area (Å²) in [5, 5.41) is 0. The molecule has 0 atom stereocenters. The molecule has 0 aromatic rings. The average molecular weight is 387 g/mol. The zero-order valence-corrected chi connectivity index (χ0v) is 14.4. The van der Waals surface area contributed by atoms with Crippen molar-refractivity contribution in [3.8, 4) is 0 Å². The molecule has 0 heterocycles. The Bertz CT molecular complexity index is 49.7. The van der Waals surface area contributed by atoms with Gasteiger partial charge in [-0.2, -0.15) is 0 Å². The Morgan fingerprint density at radius 1 is 0.700 bits per heavy atom. The second kappa shape index (κ2) is 50.1. The Balaban J connectivity index is -0.0000000257. The Hall–Kier alpha value is 1.06. The fourth-order valence-corrected chi connectivity index (χ4v) is 0. The summed E-state index contributed by atoms with van der Waals surface area (Å²) >= 11 is -6.56. The summed E-state index contributed by atoms with van der Waals surface area (Å²) in [7, 11) is 0. The molecule has 0 saturated carbocycles. The van der Waals surface area contributed by atoms with E-state index in [4.69, 9.17) is 23.7 Å². The maximum absolute atomic E-state index is 8.53. The number of hydrogen-bond donors (Lipinski definition) is 0. The van der Waals surface area contributed by atoms with Crippen LogP contribution in [0.3, 0.4) is 0 Å². The van der Waals surface area contributed by atoms with Crippen LogP contribution in [-0.2, 0) is 11.3 Å². The monoisotopic (exact) mass is 390 g/mol. The Labute approximate surface area is 89.9 Å². The van der Waals surface area contributed by atoms with Crippen molar-refractivity contribution >= 4 is 66.9 Å². The van der Waals surface area contributed by atoms with Gasteiger partial charge in [-0.3, -0.25) is 0 Å². The molecule has 0 aromatic heterocycles. The van der Waals surface area contributed by atoms with Crippen molar-refractivity contribution in [1.29, 1.82) is 0 Å². The van der Waals surface area contributed by atoms with Gasteiger partial charge < -0.3 is 0 Å². The van der Waals surface area contributed by atoms with Crippen LogP contribution in [0.4, 0.5) is 0 Å². The van der Waals surface area contributed by atoms with Gasteiger partial charge in [0.15, 0.2) is 0 Å². The van der Waals surface area contributed by atoms with E-state index in [0.717, 1.165) is 0 Å². The Morgan fingerprint density at radius 3 is 0.700 bits per heavy atom. The van der Waals surface area contributed by atoms with Crippen molar-refractivity contribution in [3.63, 3.8) is 0 Å². The quantitative estimate of drug-likeness (QED) is 0.382. The van der Waals surface area contributed by atoms with Crippen molar-refractivity contribution in [2.24, 2.45) is 0 Å². The number of rotatable bonds is 0. The van der Waals surface area contributed by atoms with Gasteiger partial charge in [-0.25, -0.2) is 0 Å². The van der Waals surface area contributed by atoms with Crippen LogP contribution in [0.15, 0.2) is 0 Å². The van der Waals surface area contributed by atoms with Gasteiger partial charge in [0.1, 0.15) is 0 Å². The van der Waals surface area contributed by atoms with Crippen LogP contribution in [-0.4, -0.2) is 66.9 Å². The second-order valence-corrected chi connectivity index (χ2v) is 1.50. The van der Waals surface area contributed by atoms with Crippen LogP contribution in [0, 0.1) is 0 Å². The summed E-state index contributed by atoms with van der Waals surface area (Å²) in [5.41, 5.74) is 0. The van der Waals surface area contributed by atoms with E-state index < -0.39 is 47.1 Å². The molecule has 54 valence electrons. The zero-order valence-electron chi connectivity index (χ0n) is 4.76. The van der Waals surface area contributed by atoms with E-state index in [0.29, 0.717) is 0 Å². The van der Waals surface area contributed by atoms with Gasteiger partial charge in [0.25, 0.3) is 0 Å². The van der Waals surface area contributed by atoms with Gasteiger partial charge >= 0.3 is 90.6 Å². The molecule has 10 heavy (non-hydrogen) atoms. The molecule has 0 radical (unpaired) electrons. The van der Waals surface area contributed by atoms with Crippen molar-refractivity contribution in [2.45, 2.75) is 0 Å². The molecule has 0 rings (SSSR count). The minimum absolute atomic E-state index is 0. The molecule has 0 spiro atoms. The first kappa shape index (κ1) is 22.5. The molecule has 0 aromatic carbocycles. The van der Waals surface area contributed by atoms with E-state index in [1.165, 1.54) is 0 Å². The average Bonchev–Trinajstić information content (AvgIpc) is 1.70. The summed E-state index contributed by atoms with van der Waals surface area (Å²) in [6.45, 7) is 0. The molecule has 0 aliphatic heterocycles. The molecule has 0 N–H and O–H groups in total. The summed E-state index contributed by atoms with van der Waals surface area (Å²) in [5.74, 6) is 0. The third kappa shape index (κ3) is 520. The van der Waals surface area contributed by atoms with E-state index in [-0.39, 0.29) is 19.8 Å². The predicted octanol–water partition coefficient (Wildman–Crippen LogP) is -6.25.